The largest absolute Gasteiger partial charge is 0.495 e. The molecule has 2 aromatic rings. The lowest BCUT2D eigenvalue weighted by atomic mass is 9.83. The maximum atomic E-state index is 16.1. The molecule has 3 saturated heterocycles. The highest BCUT2D eigenvalue weighted by Gasteiger charge is 2.64. The molecule has 4 aliphatic rings. The Labute approximate surface area is 534 Å². The van der Waals surface area contributed by atoms with Gasteiger partial charge in [0.05, 0.1) is 69.5 Å². The number of aliphatic hydroxyl groups is 1. The number of methoxy groups -OCH3 is 2. The number of imide groups is 1. The maximum Gasteiger partial charge on any atom is 0.412 e. The average Bonchev–Trinajstić information content (AvgIpc) is 1.58. The average molecular weight is 1320 g/mol. The number of amides is 9. The Morgan fingerprint density at radius 3 is 2.23 bits per heavy atom. The molecule has 10 N–H and O–H groups in total. The van der Waals surface area contributed by atoms with E-state index in [4.69, 9.17) is 67.5 Å². The van der Waals surface area contributed by atoms with E-state index in [2.05, 4.69) is 37.2 Å². The van der Waals surface area contributed by atoms with Gasteiger partial charge in [-0.05, 0) is 75.4 Å². The van der Waals surface area contributed by atoms with Crippen molar-refractivity contribution in [1.29, 1.82) is 0 Å². The fourth-order valence-corrected chi connectivity index (χ4v) is 10.8. The zero-order valence-corrected chi connectivity index (χ0v) is 53.2. The summed E-state index contributed by atoms with van der Waals surface area (Å²) in [4.78, 5) is 122. The van der Waals surface area contributed by atoms with E-state index in [1.807, 2.05) is 6.92 Å². The molecule has 4 heterocycles. The van der Waals surface area contributed by atoms with E-state index in [-0.39, 0.29) is 99.6 Å². The zero-order valence-electron chi connectivity index (χ0n) is 51.7. The number of carbonyl (C=O) groups is 9. The summed E-state index contributed by atoms with van der Waals surface area (Å²) in [6.45, 7) is 9.10. The highest BCUT2D eigenvalue weighted by Crippen LogP contribution is 2.49. The van der Waals surface area contributed by atoms with Gasteiger partial charge in [-0.25, -0.2) is 28.0 Å². The SMILES string of the molecule is COc1cc2cc(c1Cl)N(C)C(=O)C[C@H](OC(=O)Nc1cc(F)c(NC(=O)[C@H](CCCCNC(N)=O)NC(=O)[C@@H](NC(=S)NCCOCCOCCC(=O)ON3C(=O)CCC3=O)C(C)C)cc1F)[C@]1(C)O[C@H]1[C@H](C)[C@@H]1C[C@@](O)(NC(=O)O1)[C@H](OC)/C=C/C=C(\C)C2. The normalized spacial score (nSPS) is 24.1. The fourth-order valence-electron chi connectivity index (χ4n) is 10.3. The Morgan fingerprint density at radius 2 is 1.58 bits per heavy atom. The summed E-state index contributed by atoms with van der Waals surface area (Å²) in [5.74, 6) is -7.68. The van der Waals surface area contributed by atoms with Crippen LogP contribution in [0, 0.1) is 23.5 Å². The van der Waals surface area contributed by atoms with Gasteiger partial charge in [-0.15, -0.1) is 5.06 Å². The van der Waals surface area contributed by atoms with Crippen molar-refractivity contribution in [3.05, 3.63) is 70.3 Å². The molecule has 6 rings (SSSR count). The summed E-state index contributed by atoms with van der Waals surface area (Å²) in [6.07, 6.45) is -1.96. The smallest absolute Gasteiger partial charge is 0.412 e. The molecule has 4 aliphatic heterocycles. The van der Waals surface area contributed by atoms with Gasteiger partial charge in [0.15, 0.2) is 10.8 Å². The van der Waals surface area contributed by atoms with Crippen molar-refractivity contribution in [3.63, 3.8) is 0 Å². The van der Waals surface area contributed by atoms with Crippen molar-refractivity contribution in [3.8, 4) is 5.75 Å². The highest BCUT2D eigenvalue weighted by atomic mass is 35.5. The molecule has 4 bridgehead atoms. The molecule has 9 atom stereocenters. The van der Waals surface area contributed by atoms with Crippen LogP contribution in [0.15, 0.2) is 48.1 Å². The third-order valence-electron chi connectivity index (χ3n) is 15.4. The van der Waals surface area contributed by atoms with E-state index in [9.17, 15) is 48.3 Å². The van der Waals surface area contributed by atoms with Gasteiger partial charge in [-0.3, -0.25) is 34.6 Å². The second-order valence-corrected chi connectivity index (χ2v) is 23.4. The van der Waals surface area contributed by atoms with Gasteiger partial charge in [0, 0.05) is 64.6 Å². The van der Waals surface area contributed by atoms with Gasteiger partial charge >= 0.3 is 24.2 Å². The number of thiocarbonyl (C=S) groups is 1. The number of nitrogens with zero attached hydrogens (tertiary/aromatic N) is 2. The number of primary amides is 1. The number of unbranched alkanes of at least 4 members (excludes halogenated alkanes) is 1. The van der Waals surface area contributed by atoms with Crippen LogP contribution in [0.4, 0.5) is 40.2 Å². The van der Waals surface area contributed by atoms with E-state index in [0.29, 0.717) is 35.6 Å². The molecule has 0 aliphatic carbocycles. The Morgan fingerprint density at radius 1 is 0.912 bits per heavy atom. The van der Waals surface area contributed by atoms with Gasteiger partial charge in [0.1, 0.15) is 58.4 Å². The lowest BCUT2D eigenvalue weighted by Crippen LogP contribution is -2.63. The number of ether oxygens (including phenoxy) is 7. The monoisotopic (exact) mass is 1320 g/mol. The van der Waals surface area contributed by atoms with Crippen molar-refractivity contribution in [1.82, 2.24) is 31.6 Å². The summed E-state index contributed by atoms with van der Waals surface area (Å²) < 4.78 is 72.1. The summed E-state index contributed by atoms with van der Waals surface area (Å²) in [5.41, 5.74) is 2.05. The first-order valence-corrected chi connectivity index (χ1v) is 30.1. The Kier molecular flexibility index (Phi) is 26.2. The second-order valence-electron chi connectivity index (χ2n) is 22.6. The fraction of sp³-hybridized carbons (Fsp3) is 0.559. The lowest BCUT2D eigenvalue weighted by molar-refractivity contribution is -0.198. The first kappa shape index (κ1) is 72.3. The predicted molar refractivity (Wildman–Crippen MR) is 327 cm³/mol. The minimum Gasteiger partial charge on any atom is -0.495 e. The molecule has 3 fully saturated rings. The van der Waals surface area contributed by atoms with Gasteiger partial charge in [-0.2, -0.15) is 0 Å². The number of allylic oxidation sites excluding steroid dienone is 3. The molecule has 0 radical (unpaired) electrons. The van der Waals surface area contributed by atoms with Crippen LogP contribution in [0.2, 0.25) is 5.02 Å². The molecule has 500 valence electrons. The number of epoxide rings is 1. The highest BCUT2D eigenvalue weighted by molar-refractivity contribution is 7.80. The molecule has 28 nitrogen and oxygen atoms in total. The first-order chi connectivity index (χ1) is 43.1. The number of nitrogens with one attached hydrogen (secondary N) is 7. The summed E-state index contributed by atoms with van der Waals surface area (Å²) in [6, 6.07) is 1.38. The van der Waals surface area contributed by atoms with Gasteiger partial charge in [0.25, 0.3) is 11.8 Å². The molecule has 0 saturated carbocycles. The maximum absolute atomic E-state index is 16.1. The van der Waals surface area contributed by atoms with E-state index >= 15 is 8.78 Å². The minimum atomic E-state index is -1.97. The van der Waals surface area contributed by atoms with Crippen LogP contribution in [0.5, 0.6) is 5.75 Å². The first-order valence-electron chi connectivity index (χ1n) is 29.3. The van der Waals surface area contributed by atoms with Crippen molar-refractivity contribution >= 4 is 99.7 Å². The number of nitrogens with two attached hydrogens (primary N) is 1. The molecule has 0 spiro atoms. The summed E-state index contributed by atoms with van der Waals surface area (Å²) in [7, 11) is 4.23. The number of hydrogen-bond acceptors (Lipinski definition) is 19. The van der Waals surface area contributed by atoms with Gasteiger partial charge < -0.3 is 80.3 Å². The number of alkyl carbamates (subject to hydrolysis) is 1. The van der Waals surface area contributed by atoms with Crippen LogP contribution in [0.25, 0.3) is 0 Å². The number of carbonyl (C=O) groups excluding carboxylic acids is 9. The molecule has 0 aromatic heterocycles. The van der Waals surface area contributed by atoms with Crippen LogP contribution in [-0.2, 0) is 68.4 Å². The Bertz CT molecular complexity index is 3090. The van der Waals surface area contributed by atoms with E-state index < -0.39 is 143 Å². The number of benzene rings is 2. The second kappa shape index (κ2) is 33.0. The molecule has 32 heteroatoms. The number of anilines is 3. The predicted octanol–water partition coefficient (Wildman–Crippen LogP) is 4.43. The van der Waals surface area contributed by atoms with Crippen LogP contribution in [-0.4, -0.2) is 178 Å². The number of fused-ring (bicyclic) bond motifs is 5. The van der Waals surface area contributed by atoms with Crippen molar-refractivity contribution in [2.75, 3.05) is 76.3 Å². The van der Waals surface area contributed by atoms with Crippen LogP contribution in [0.3, 0.4) is 0 Å². The number of urea groups is 1. The van der Waals surface area contributed by atoms with Gasteiger partial charge in [0.2, 0.25) is 17.7 Å². The molecular formula is C59H79ClF2N10O18S. The zero-order chi connectivity index (χ0) is 66.9. The molecular weight excluding hydrogens is 1240 g/mol. The summed E-state index contributed by atoms with van der Waals surface area (Å²) >= 11 is 12.2. The lowest BCUT2D eigenvalue weighted by Gasteiger charge is -2.42. The number of rotatable bonds is 25. The topological polar surface area (TPSA) is 368 Å². The Hall–Kier alpha value is -7.81. The van der Waals surface area contributed by atoms with E-state index in [0.717, 1.165) is 5.57 Å². The van der Waals surface area contributed by atoms with Crippen molar-refractivity contribution in [2.45, 2.75) is 140 Å². The third-order valence-corrected chi connectivity index (χ3v) is 16.0. The van der Waals surface area contributed by atoms with E-state index in [1.54, 1.807) is 58.1 Å². The molecule has 9 amide bonds. The molecule has 0 unspecified atom stereocenters. The summed E-state index contributed by atoms with van der Waals surface area (Å²) in [5, 5.41) is 30.3. The van der Waals surface area contributed by atoms with Crippen LogP contribution < -0.4 is 52.6 Å². The molecule has 91 heavy (non-hydrogen) atoms. The van der Waals surface area contributed by atoms with Crippen molar-refractivity contribution in [2.24, 2.45) is 17.6 Å². The van der Waals surface area contributed by atoms with Gasteiger partial charge in [-0.1, -0.05) is 56.2 Å². The van der Waals surface area contributed by atoms with Crippen LogP contribution in [0.1, 0.15) is 91.5 Å². The van der Waals surface area contributed by atoms with Crippen LogP contribution >= 0.6 is 23.8 Å². The van der Waals surface area contributed by atoms with Crippen molar-refractivity contribution < 1.29 is 95.0 Å². The third kappa shape index (κ3) is 20.1. The quantitative estimate of drug-likeness (QED) is 0.0287. The molecule has 2 aromatic carbocycles. The minimum absolute atomic E-state index is 0.0266. The number of hydrogen-bond donors (Lipinski definition) is 9. The standard InChI is InChI=1S/C59H79ClF2N10O18S/c1-31(2)50(69-55(91)65-19-21-86-23-22-85-20-17-48(76)90-72-45(73)15-16-46(72)74)53(78)66-37(13-9-10-18-64-54(63)79)52(77)67-38-27-36(62)39(28-35(38)61)68-56(80)88-44-29-47(75)71(6)40-25-34(26-41(83-7)49(40)60)24-32(3)12-11-14-43(84-8)59(82)30-42(87-57(81)70-59)33(4)51-58(44,5)89-51/h11-12,14,25-28,31,33,37,42-44,50-51,82H,9-10,13,15-24,29-30H2,1-8H3,(H,66,78)(H,67,77)(H,68,80)(H,70,81)(H3,63,64,79)(H2,65,69,91)/b14-11+,32-12+/t33-,37+,42+,43-,44+,50+,51+,58+,59+/m1/s1. The number of halogens is 3. The Balaban J connectivity index is 1.11. The van der Waals surface area contributed by atoms with E-state index in [1.165, 1.54) is 26.2 Å². The number of hydroxylamine groups is 2.